The Morgan fingerprint density at radius 3 is 2.39 bits per heavy atom. The van der Waals surface area contributed by atoms with Crippen LogP contribution in [0.3, 0.4) is 0 Å². The Kier molecular flexibility index (Phi) is 4.70. The minimum atomic E-state index is -1.67. The predicted molar refractivity (Wildman–Crippen MR) is 82.0 cm³/mol. The molecule has 2 nitrogen and oxygen atoms in total. The number of hydrogen-bond donors (Lipinski definition) is 0. The second kappa shape index (κ2) is 5.51. The molecule has 104 valence electrons. The highest BCUT2D eigenvalue weighted by molar-refractivity contribution is 6.74. The maximum Gasteiger partial charge on any atom is 0.250 e. The smallest absolute Gasteiger partial charge is 0.250 e. The minimum Gasteiger partial charge on any atom is -0.547 e. The van der Waals surface area contributed by atoms with Crippen LogP contribution in [0.15, 0.2) is 23.6 Å². The van der Waals surface area contributed by atoms with Gasteiger partial charge in [0.05, 0.1) is 5.76 Å². The van der Waals surface area contributed by atoms with Crippen molar-refractivity contribution in [3.8, 4) is 0 Å². The van der Waals surface area contributed by atoms with Crippen LogP contribution in [-0.2, 0) is 4.43 Å². The summed E-state index contributed by atoms with van der Waals surface area (Å²) in [6.45, 7) is 11.5. The summed E-state index contributed by atoms with van der Waals surface area (Å²) in [4.78, 5) is 2.13. The molecular formula is C15H29NOSi. The van der Waals surface area contributed by atoms with E-state index in [4.69, 9.17) is 4.43 Å². The molecule has 0 amide bonds. The quantitative estimate of drug-likeness (QED) is 0.697. The highest BCUT2D eigenvalue weighted by Crippen LogP contribution is 2.39. The van der Waals surface area contributed by atoms with Crippen molar-refractivity contribution in [3.05, 3.63) is 23.6 Å². The van der Waals surface area contributed by atoms with Gasteiger partial charge in [-0.15, -0.1) is 0 Å². The molecule has 1 aliphatic rings. The van der Waals surface area contributed by atoms with E-state index in [-0.39, 0.29) is 5.04 Å². The Morgan fingerprint density at radius 1 is 1.28 bits per heavy atom. The molecule has 0 heterocycles. The first-order chi connectivity index (χ1) is 8.12. The van der Waals surface area contributed by atoms with Gasteiger partial charge in [-0.25, -0.2) is 0 Å². The highest BCUT2D eigenvalue weighted by atomic mass is 28.4. The zero-order chi connectivity index (χ0) is 14.0. The van der Waals surface area contributed by atoms with Gasteiger partial charge in [-0.1, -0.05) is 20.8 Å². The third-order valence-corrected chi connectivity index (χ3v) is 8.26. The van der Waals surface area contributed by atoms with E-state index in [1.165, 1.54) is 17.8 Å². The van der Waals surface area contributed by atoms with Crippen molar-refractivity contribution in [2.75, 3.05) is 14.1 Å². The molecule has 0 aromatic heterocycles. The average molecular weight is 267 g/mol. The van der Waals surface area contributed by atoms with Crippen LogP contribution in [0.25, 0.3) is 0 Å². The van der Waals surface area contributed by atoms with Gasteiger partial charge in [-0.05, 0) is 48.8 Å². The van der Waals surface area contributed by atoms with E-state index in [2.05, 4.69) is 65.1 Å². The van der Waals surface area contributed by atoms with E-state index in [1.807, 2.05) is 0 Å². The highest BCUT2D eigenvalue weighted by Gasteiger charge is 2.39. The maximum atomic E-state index is 6.40. The standard InChI is InChI=1S/C15H29NOSi/c1-15(2,3)18(6,7)17-14-10-8-9-13(11-14)12-16(4)5/h10,12H,8-9,11H2,1-7H3. The van der Waals surface area contributed by atoms with Gasteiger partial charge >= 0.3 is 0 Å². The molecule has 0 aromatic carbocycles. The molecule has 3 heteroatoms. The lowest BCUT2D eigenvalue weighted by Gasteiger charge is -2.38. The summed E-state index contributed by atoms with van der Waals surface area (Å²) >= 11 is 0. The predicted octanol–water partition coefficient (Wildman–Crippen LogP) is 4.52. The molecule has 0 saturated carbocycles. The molecule has 0 aromatic rings. The fraction of sp³-hybridized carbons (Fsp3) is 0.733. The summed E-state index contributed by atoms with van der Waals surface area (Å²) in [5, 5.41) is 0.275. The van der Waals surface area contributed by atoms with Crippen LogP contribution in [0, 0.1) is 0 Å². The van der Waals surface area contributed by atoms with Crippen molar-refractivity contribution < 1.29 is 4.43 Å². The molecule has 0 saturated heterocycles. The van der Waals surface area contributed by atoms with Gasteiger partial charge in [-0.2, -0.15) is 0 Å². The van der Waals surface area contributed by atoms with Gasteiger partial charge < -0.3 is 9.33 Å². The Labute approximate surface area is 114 Å². The third kappa shape index (κ3) is 4.20. The summed E-state index contributed by atoms with van der Waals surface area (Å²) < 4.78 is 6.40. The van der Waals surface area contributed by atoms with E-state index >= 15 is 0 Å². The van der Waals surface area contributed by atoms with Crippen molar-refractivity contribution in [3.63, 3.8) is 0 Å². The lowest BCUT2D eigenvalue weighted by Crippen LogP contribution is -2.40. The summed E-state index contributed by atoms with van der Waals surface area (Å²) in [6.07, 6.45) is 7.80. The lowest BCUT2D eigenvalue weighted by atomic mass is 10.0. The SMILES string of the molecule is CN(C)C=C1CCC=C(O[Si](C)(C)C(C)(C)C)C1. The van der Waals surface area contributed by atoms with Gasteiger partial charge in [0.2, 0.25) is 8.32 Å². The largest absolute Gasteiger partial charge is 0.547 e. The molecular weight excluding hydrogens is 238 g/mol. The zero-order valence-electron chi connectivity index (χ0n) is 13.1. The molecule has 0 atom stereocenters. The second-order valence-corrected chi connectivity index (χ2v) is 11.7. The molecule has 1 aliphatic carbocycles. The van der Waals surface area contributed by atoms with Crippen LogP contribution in [0.4, 0.5) is 0 Å². The summed E-state index contributed by atoms with van der Waals surface area (Å²) in [5.41, 5.74) is 1.48. The lowest BCUT2D eigenvalue weighted by molar-refractivity contribution is 0.364. The van der Waals surface area contributed by atoms with Crippen molar-refractivity contribution in [1.82, 2.24) is 4.90 Å². The minimum absolute atomic E-state index is 0.275. The fourth-order valence-electron chi connectivity index (χ4n) is 1.84. The average Bonchev–Trinajstić information content (AvgIpc) is 2.14. The monoisotopic (exact) mass is 267 g/mol. The molecule has 0 N–H and O–H groups in total. The van der Waals surface area contributed by atoms with Gasteiger partial charge in [0.15, 0.2) is 0 Å². The van der Waals surface area contributed by atoms with Gasteiger partial charge in [0.1, 0.15) is 0 Å². The summed E-state index contributed by atoms with van der Waals surface area (Å²) in [7, 11) is 2.50. The van der Waals surface area contributed by atoms with Crippen LogP contribution in [0.2, 0.25) is 18.1 Å². The van der Waals surface area contributed by atoms with Gasteiger partial charge in [0, 0.05) is 20.5 Å². The number of nitrogens with zero attached hydrogens (tertiary/aromatic N) is 1. The van der Waals surface area contributed by atoms with E-state index in [9.17, 15) is 0 Å². The summed E-state index contributed by atoms with van der Waals surface area (Å²) in [6, 6.07) is 0. The molecule has 0 spiro atoms. The molecule has 18 heavy (non-hydrogen) atoms. The molecule has 0 bridgehead atoms. The van der Waals surface area contributed by atoms with Crippen LogP contribution in [0.5, 0.6) is 0 Å². The first-order valence-electron chi connectivity index (χ1n) is 6.86. The zero-order valence-corrected chi connectivity index (χ0v) is 14.1. The first kappa shape index (κ1) is 15.4. The number of rotatable bonds is 3. The van der Waals surface area contributed by atoms with Gasteiger partial charge in [-0.3, -0.25) is 0 Å². The van der Waals surface area contributed by atoms with Crippen LogP contribution in [-0.4, -0.2) is 27.3 Å². The van der Waals surface area contributed by atoms with Crippen molar-refractivity contribution in [1.29, 1.82) is 0 Å². The molecule has 0 aliphatic heterocycles. The van der Waals surface area contributed by atoms with Crippen LogP contribution >= 0.6 is 0 Å². The number of allylic oxidation sites excluding steroid dienone is 2. The van der Waals surface area contributed by atoms with E-state index in [0.29, 0.717) is 0 Å². The second-order valence-electron chi connectivity index (χ2n) is 7.00. The Hall–Kier alpha value is -0.703. The molecule has 0 fully saturated rings. The third-order valence-electron chi connectivity index (χ3n) is 3.87. The van der Waals surface area contributed by atoms with Gasteiger partial charge in [0.25, 0.3) is 0 Å². The Bertz CT molecular complexity index is 348. The first-order valence-corrected chi connectivity index (χ1v) is 9.77. The van der Waals surface area contributed by atoms with Crippen molar-refractivity contribution in [2.45, 2.75) is 58.2 Å². The van der Waals surface area contributed by atoms with Crippen molar-refractivity contribution >= 4 is 8.32 Å². The molecule has 1 rings (SSSR count). The molecule has 0 radical (unpaired) electrons. The normalized spacial score (nSPS) is 19.7. The van der Waals surface area contributed by atoms with E-state index < -0.39 is 8.32 Å². The maximum absolute atomic E-state index is 6.40. The van der Waals surface area contributed by atoms with Crippen LogP contribution < -0.4 is 0 Å². The molecule has 0 unspecified atom stereocenters. The van der Waals surface area contributed by atoms with Crippen molar-refractivity contribution in [2.24, 2.45) is 0 Å². The summed E-state index contributed by atoms with van der Waals surface area (Å²) in [5.74, 6) is 1.20. The Balaban J connectivity index is 2.72. The van der Waals surface area contributed by atoms with E-state index in [0.717, 1.165) is 12.8 Å². The van der Waals surface area contributed by atoms with Crippen LogP contribution in [0.1, 0.15) is 40.0 Å². The Morgan fingerprint density at radius 2 is 1.89 bits per heavy atom. The van der Waals surface area contributed by atoms with E-state index in [1.54, 1.807) is 0 Å². The fourth-order valence-corrected chi connectivity index (χ4v) is 2.95. The topological polar surface area (TPSA) is 12.5 Å². The number of hydrogen-bond acceptors (Lipinski definition) is 2.